The highest BCUT2D eigenvalue weighted by Gasteiger charge is 2.27. The van der Waals surface area contributed by atoms with Gasteiger partial charge in [-0.1, -0.05) is 17.3 Å². The van der Waals surface area contributed by atoms with Crippen molar-refractivity contribution in [3.05, 3.63) is 54.1 Å². The van der Waals surface area contributed by atoms with Crippen molar-refractivity contribution in [2.24, 2.45) is 0 Å². The third kappa shape index (κ3) is 3.44. The van der Waals surface area contributed by atoms with E-state index in [1.807, 2.05) is 31.2 Å². The summed E-state index contributed by atoms with van der Waals surface area (Å²) in [4.78, 5) is 6.83. The lowest BCUT2D eigenvalue weighted by Gasteiger charge is -2.23. The van der Waals surface area contributed by atoms with E-state index in [9.17, 15) is 0 Å². The fourth-order valence-corrected chi connectivity index (χ4v) is 3.34. The second-order valence-electron chi connectivity index (χ2n) is 6.12. The van der Waals surface area contributed by atoms with E-state index >= 15 is 0 Å². The van der Waals surface area contributed by atoms with E-state index in [1.165, 1.54) is 5.56 Å². The Morgan fingerprint density at radius 2 is 2.12 bits per heavy atom. The van der Waals surface area contributed by atoms with Crippen LogP contribution in [0.2, 0.25) is 0 Å². The number of likely N-dealkylation sites (tertiary alicyclic amines) is 1. The summed E-state index contributed by atoms with van der Waals surface area (Å²) in [5.74, 6) is 2.65. The van der Waals surface area contributed by atoms with Gasteiger partial charge in [0, 0.05) is 6.04 Å². The predicted octanol–water partition coefficient (Wildman–Crippen LogP) is 4.07. The molecular weight excluding hydrogens is 318 g/mol. The van der Waals surface area contributed by atoms with Crippen LogP contribution in [-0.2, 0) is 6.54 Å². The zero-order chi connectivity index (χ0) is 17.1. The molecule has 0 radical (unpaired) electrons. The van der Waals surface area contributed by atoms with Crippen molar-refractivity contribution < 1.29 is 13.7 Å². The molecule has 0 aliphatic carbocycles. The van der Waals surface area contributed by atoms with E-state index in [1.54, 1.807) is 6.26 Å². The van der Waals surface area contributed by atoms with Crippen LogP contribution in [0.15, 0.2) is 51.6 Å². The minimum absolute atomic E-state index is 0.370. The monoisotopic (exact) mass is 339 g/mol. The van der Waals surface area contributed by atoms with Crippen molar-refractivity contribution in [3.8, 4) is 17.3 Å². The molecule has 0 N–H and O–H groups in total. The predicted molar refractivity (Wildman–Crippen MR) is 92.0 cm³/mol. The summed E-state index contributed by atoms with van der Waals surface area (Å²) in [6, 6.07) is 12.4. The van der Waals surface area contributed by atoms with Crippen LogP contribution in [-0.4, -0.2) is 28.2 Å². The second-order valence-corrected chi connectivity index (χ2v) is 6.12. The van der Waals surface area contributed by atoms with Crippen molar-refractivity contribution in [3.63, 3.8) is 0 Å². The molecule has 2 aromatic heterocycles. The summed E-state index contributed by atoms with van der Waals surface area (Å²) in [6.07, 6.45) is 3.90. The molecule has 25 heavy (non-hydrogen) atoms. The Kier molecular flexibility index (Phi) is 4.52. The standard InChI is InChI=1S/C19H21N3O3/c1-2-23-15-9-7-14(8-10-15)16-5-3-11-22(16)13-18-20-19(21-25-18)17-6-4-12-24-17/h4,6-10,12,16H,2-3,5,11,13H2,1H3. The summed E-state index contributed by atoms with van der Waals surface area (Å²) >= 11 is 0. The van der Waals surface area contributed by atoms with Crippen LogP contribution >= 0.6 is 0 Å². The lowest BCUT2D eigenvalue weighted by Crippen LogP contribution is -2.22. The molecule has 6 nitrogen and oxygen atoms in total. The average molecular weight is 339 g/mol. The molecule has 1 atom stereocenters. The van der Waals surface area contributed by atoms with E-state index in [4.69, 9.17) is 13.7 Å². The molecule has 3 aromatic rings. The van der Waals surface area contributed by atoms with E-state index in [0.29, 0.717) is 36.7 Å². The molecule has 1 aliphatic rings. The zero-order valence-corrected chi connectivity index (χ0v) is 14.2. The summed E-state index contributed by atoms with van der Waals surface area (Å²) < 4.78 is 16.2. The first kappa shape index (κ1) is 15.9. The van der Waals surface area contributed by atoms with Gasteiger partial charge in [-0.25, -0.2) is 0 Å². The average Bonchev–Trinajstić information content (AvgIpc) is 3.38. The van der Waals surface area contributed by atoms with Gasteiger partial charge in [-0.05, 0) is 56.1 Å². The summed E-state index contributed by atoms with van der Waals surface area (Å²) in [5, 5.41) is 4.01. The maximum atomic E-state index is 5.53. The topological polar surface area (TPSA) is 64.5 Å². The fraction of sp³-hybridized carbons (Fsp3) is 0.368. The lowest BCUT2D eigenvalue weighted by atomic mass is 10.0. The third-order valence-electron chi connectivity index (χ3n) is 4.49. The fourth-order valence-electron chi connectivity index (χ4n) is 3.34. The number of hydrogen-bond donors (Lipinski definition) is 0. The Balaban J connectivity index is 1.46. The first-order valence-electron chi connectivity index (χ1n) is 8.67. The molecular formula is C19H21N3O3. The molecule has 0 bridgehead atoms. The van der Waals surface area contributed by atoms with Crippen LogP contribution in [0.1, 0.15) is 37.3 Å². The number of hydrogen-bond acceptors (Lipinski definition) is 6. The summed E-state index contributed by atoms with van der Waals surface area (Å²) in [6.45, 7) is 4.35. The molecule has 1 aliphatic heterocycles. The molecule has 3 heterocycles. The SMILES string of the molecule is CCOc1ccc(C2CCCN2Cc2nc(-c3ccco3)no2)cc1. The molecule has 0 spiro atoms. The maximum absolute atomic E-state index is 5.53. The van der Waals surface area contributed by atoms with Crippen molar-refractivity contribution in [2.45, 2.75) is 32.4 Å². The first-order valence-corrected chi connectivity index (χ1v) is 8.67. The van der Waals surface area contributed by atoms with Crippen molar-refractivity contribution in [1.82, 2.24) is 15.0 Å². The minimum atomic E-state index is 0.370. The number of nitrogens with zero attached hydrogens (tertiary/aromatic N) is 3. The number of benzene rings is 1. The quantitative estimate of drug-likeness (QED) is 0.674. The smallest absolute Gasteiger partial charge is 0.241 e. The van der Waals surface area contributed by atoms with Crippen LogP contribution in [0.5, 0.6) is 5.75 Å². The van der Waals surface area contributed by atoms with Gasteiger partial charge in [-0.3, -0.25) is 4.90 Å². The maximum Gasteiger partial charge on any atom is 0.241 e. The molecule has 1 saturated heterocycles. The highest BCUT2D eigenvalue weighted by Crippen LogP contribution is 2.34. The highest BCUT2D eigenvalue weighted by atomic mass is 16.5. The van der Waals surface area contributed by atoms with Gasteiger partial charge in [0.2, 0.25) is 11.7 Å². The Morgan fingerprint density at radius 1 is 1.24 bits per heavy atom. The zero-order valence-electron chi connectivity index (χ0n) is 14.2. The van der Waals surface area contributed by atoms with Crippen LogP contribution in [0.25, 0.3) is 11.6 Å². The van der Waals surface area contributed by atoms with E-state index in [-0.39, 0.29) is 0 Å². The molecule has 130 valence electrons. The molecule has 1 unspecified atom stereocenters. The summed E-state index contributed by atoms with van der Waals surface area (Å²) in [5.41, 5.74) is 1.30. The number of rotatable bonds is 6. The molecule has 1 fully saturated rings. The largest absolute Gasteiger partial charge is 0.494 e. The Labute approximate surface area is 146 Å². The summed E-state index contributed by atoms with van der Waals surface area (Å²) in [7, 11) is 0. The molecule has 0 amide bonds. The van der Waals surface area contributed by atoms with Gasteiger partial charge in [-0.15, -0.1) is 0 Å². The third-order valence-corrected chi connectivity index (χ3v) is 4.49. The Morgan fingerprint density at radius 3 is 2.88 bits per heavy atom. The van der Waals surface area contributed by atoms with E-state index in [2.05, 4.69) is 27.2 Å². The van der Waals surface area contributed by atoms with Crippen molar-refractivity contribution in [1.29, 1.82) is 0 Å². The van der Waals surface area contributed by atoms with Crippen molar-refractivity contribution in [2.75, 3.05) is 13.2 Å². The Hall–Kier alpha value is -2.60. The minimum Gasteiger partial charge on any atom is -0.494 e. The van der Waals surface area contributed by atoms with Gasteiger partial charge in [0.15, 0.2) is 5.76 Å². The molecule has 1 aromatic carbocycles. The molecule has 4 rings (SSSR count). The Bertz CT molecular complexity index is 796. The van der Waals surface area contributed by atoms with Gasteiger partial charge in [0.1, 0.15) is 5.75 Å². The van der Waals surface area contributed by atoms with Crippen LogP contribution in [0, 0.1) is 0 Å². The van der Waals surface area contributed by atoms with Gasteiger partial charge in [-0.2, -0.15) is 4.98 Å². The van der Waals surface area contributed by atoms with Gasteiger partial charge in [0.25, 0.3) is 0 Å². The van der Waals surface area contributed by atoms with Crippen LogP contribution in [0.3, 0.4) is 0 Å². The van der Waals surface area contributed by atoms with E-state index < -0.39 is 0 Å². The van der Waals surface area contributed by atoms with Gasteiger partial charge < -0.3 is 13.7 Å². The van der Waals surface area contributed by atoms with E-state index in [0.717, 1.165) is 25.1 Å². The first-order chi connectivity index (χ1) is 12.3. The highest BCUT2D eigenvalue weighted by molar-refractivity contribution is 5.44. The second kappa shape index (κ2) is 7.11. The van der Waals surface area contributed by atoms with Gasteiger partial charge >= 0.3 is 0 Å². The molecule has 6 heteroatoms. The van der Waals surface area contributed by atoms with Crippen LogP contribution < -0.4 is 4.74 Å². The normalized spacial score (nSPS) is 17.9. The molecule has 0 saturated carbocycles. The van der Waals surface area contributed by atoms with Crippen LogP contribution in [0.4, 0.5) is 0 Å². The van der Waals surface area contributed by atoms with Crippen molar-refractivity contribution >= 4 is 0 Å². The lowest BCUT2D eigenvalue weighted by molar-refractivity contribution is 0.212. The number of ether oxygens (including phenoxy) is 1. The number of furan rings is 1. The number of aromatic nitrogens is 2. The van der Waals surface area contributed by atoms with Gasteiger partial charge in [0.05, 0.1) is 19.4 Å².